The Bertz CT molecular complexity index is 527. The lowest BCUT2D eigenvalue weighted by Gasteiger charge is -2.60. The molecule has 0 aromatic heterocycles. The minimum absolute atomic E-state index is 0.0500. The van der Waals surface area contributed by atoms with Crippen LogP contribution in [0.5, 0.6) is 0 Å². The van der Waals surface area contributed by atoms with Gasteiger partial charge in [-0.3, -0.25) is 10.1 Å². The summed E-state index contributed by atoms with van der Waals surface area (Å²) in [5.74, 6) is -0.0500. The molecule has 0 aromatic carbocycles. The molecular formula is C14H19NO8. The van der Waals surface area contributed by atoms with Crippen molar-refractivity contribution in [2.75, 3.05) is 14.2 Å². The third-order valence-electron chi connectivity index (χ3n) is 5.26. The van der Waals surface area contributed by atoms with Crippen LogP contribution in [0.15, 0.2) is 0 Å². The van der Waals surface area contributed by atoms with Gasteiger partial charge in [-0.1, -0.05) is 0 Å². The Balaban J connectivity index is 1.96. The summed E-state index contributed by atoms with van der Waals surface area (Å²) in [6.45, 7) is 0. The van der Waals surface area contributed by atoms with Crippen LogP contribution in [0.3, 0.4) is 0 Å². The van der Waals surface area contributed by atoms with Gasteiger partial charge in [0.05, 0.1) is 27.1 Å². The second-order valence-corrected chi connectivity index (χ2v) is 6.97. The maximum absolute atomic E-state index is 11.7. The van der Waals surface area contributed by atoms with E-state index in [1.807, 2.05) is 0 Å². The highest BCUT2D eigenvalue weighted by molar-refractivity contribution is 5.61. The highest BCUT2D eigenvalue weighted by Gasteiger charge is 2.72. The molecule has 0 spiro atoms. The Morgan fingerprint density at radius 3 is 1.83 bits per heavy atom. The van der Waals surface area contributed by atoms with Gasteiger partial charge in [-0.2, -0.15) is 0 Å². The third-order valence-corrected chi connectivity index (χ3v) is 5.26. The van der Waals surface area contributed by atoms with Crippen LogP contribution >= 0.6 is 0 Å². The van der Waals surface area contributed by atoms with Crippen LogP contribution in [0.1, 0.15) is 38.5 Å². The van der Waals surface area contributed by atoms with Gasteiger partial charge in [0.2, 0.25) is 5.54 Å². The molecule has 23 heavy (non-hydrogen) atoms. The van der Waals surface area contributed by atoms with Crippen LogP contribution in [0.2, 0.25) is 0 Å². The maximum Gasteiger partial charge on any atom is 0.508 e. The van der Waals surface area contributed by atoms with E-state index in [-0.39, 0.29) is 30.1 Å². The molecule has 0 saturated heterocycles. The molecule has 4 aliphatic rings. The molecule has 0 N–H and O–H groups in total. The minimum atomic E-state index is -1.25. The number of carbonyl (C=O) groups excluding carboxylic acids is 2. The van der Waals surface area contributed by atoms with Crippen molar-refractivity contribution in [3.8, 4) is 0 Å². The molecule has 0 aromatic rings. The molecule has 4 saturated carbocycles. The molecule has 4 rings (SSSR count). The third kappa shape index (κ3) is 2.47. The van der Waals surface area contributed by atoms with Gasteiger partial charge >= 0.3 is 12.3 Å². The van der Waals surface area contributed by atoms with Crippen molar-refractivity contribution < 1.29 is 33.5 Å². The normalized spacial score (nSPS) is 40.3. The fourth-order valence-electron chi connectivity index (χ4n) is 5.08. The van der Waals surface area contributed by atoms with Crippen LogP contribution in [0, 0.1) is 16.0 Å². The number of nitrogens with zero attached hydrogens (tertiary/aromatic N) is 1. The number of hydrogen-bond acceptors (Lipinski definition) is 8. The van der Waals surface area contributed by atoms with Crippen molar-refractivity contribution in [2.24, 2.45) is 5.92 Å². The lowest BCUT2D eigenvalue weighted by atomic mass is 9.49. The number of hydrogen-bond donors (Lipinski definition) is 0. The quantitative estimate of drug-likeness (QED) is 0.439. The van der Waals surface area contributed by atoms with Crippen LogP contribution < -0.4 is 0 Å². The number of rotatable bonds is 3. The van der Waals surface area contributed by atoms with Crippen molar-refractivity contribution in [1.82, 2.24) is 0 Å². The van der Waals surface area contributed by atoms with E-state index in [4.69, 9.17) is 9.47 Å². The zero-order chi connectivity index (χ0) is 16.9. The van der Waals surface area contributed by atoms with Gasteiger partial charge in [0, 0.05) is 17.8 Å². The summed E-state index contributed by atoms with van der Waals surface area (Å²) in [5, 5.41) is 11.7. The zero-order valence-corrected chi connectivity index (χ0v) is 13.0. The lowest BCUT2D eigenvalue weighted by molar-refractivity contribution is -0.596. The summed E-state index contributed by atoms with van der Waals surface area (Å²) >= 11 is 0. The van der Waals surface area contributed by atoms with Crippen LogP contribution in [-0.4, -0.2) is 48.2 Å². The topological polar surface area (TPSA) is 114 Å². The fraction of sp³-hybridized carbons (Fsp3) is 0.857. The number of ether oxygens (including phenoxy) is 4. The van der Waals surface area contributed by atoms with Crippen LogP contribution in [0.4, 0.5) is 9.59 Å². The molecule has 4 fully saturated rings. The molecule has 4 bridgehead atoms. The van der Waals surface area contributed by atoms with E-state index >= 15 is 0 Å². The average Bonchev–Trinajstić information content (AvgIpc) is 2.44. The molecule has 128 valence electrons. The first-order valence-corrected chi connectivity index (χ1v) is 7.44. The molecule has 2 unspecified atom stereocenters. The van der Waals surface area contributed by atoms with Crippen molar-refractivity contribution in [1.29, 1.82) is 0 Å². The van der Waals surface area contributed by atoms with E-state index in [9.17, 15) is 19.7 Å². The van der Waals surface area contributed by atoms with Gasteiger partial charge in [0.25, 0.3) is 0 Å². The van der Waals surface area contributed by atoms with E-state index in [1.165, 1.54) is 14.2 Å². The minimum Gasteiger partial charge on any atom is -0.438 e. The Labute approximate surface area is 132 Å². The molecule has 4 aliphatic carbocycles. The molecule has 0 amide bonds. The zero-order valence-electron chi connectivity index (χ0n) is 13.0. The molecule has 0 radical (unpaired) electrons. The second kappa shape index (κ2) is 4.97. The summed E-state index contributed by atoms with van der Waals surface area (Å²) in [5.41, 5.74) is -3.32. The average molecular weight is 329 g/mol. The van der Waals surface area contributed by atoms with Crippen molar-refractivity contribution in [3.63, 3.8) is 0 Å². The van der Waals surface area contributed by atoms with Crippen molar-refractivity contribution in [3.05, 3.63) is 10.1 Å². The van der Waals surface area contributed by atoms with Crippen molar-refractivity contribution in [2.45, 2.75) is 55.3 Å². The monoisotopic (exact) mass is 329 g/mol. The van der Waals surface area contributed by atoms with Gasteiger partial charge in [0.1, 0.15) is 11.2 Å². The standard InChI is InChI=1S/C14H19NO8/c1-20-10(16)22-13-4-9-3-12(6-13,15(18)19)7-14(5-9,8-13)23-11(17)21-2/h9H,3-8H2,1-2H3. The predicted octanol–water partition coefficient (Wildman–Crippen LogP) is 2.04. The van der Waals surface area contributed by atoms with Gasteiger partial charge < -0.3 is 18.9 Å². The van der Waals surface area contributed by atoms with E-state index < -0.39 is 29.1 Å². The van der Waals surface area contributed by atoms with Crippen LogP contribution in [0.25, 0.3) is 0 Å². The highest BCUT2D eigenvalue weighted by atomic mass is 16.7. The predicted molar refractivity (Wildman–Crippen MR) is 73.4 cm³/mol. The van der Waals surface area contributed by atoms with Gasteiger partial charge in [-0.25, -0.2) is 9.59 Å². The summed E-state index contributed by atoms with van der Waals surface area (Å²) in [6.07, 6.45) is 0.149. The van der Waals surface area contributed by atoms with Gasteiger partial charge in [-0.15, -0.1) is 0 Å². The molecule has 2 atom stereocenters. The fourth-order valence-corrected chi connectivity index (χ4v) is 5.08. The second-order valence-electron chi connectivity index (χ2n) is 6.97. The van der Waals surface area contributed by atoms with Gasteiger partial charge in [0.15, 0.2) is 0 Å². The van der Waals surface area contributed by atoms with E-state index in [0.717, 1.165) is 0 Å². The largest absolute Gasteiger partial charge is 0.508 e. The summed E-state index contributed by atoms with van der Waals surface area (Å²) < 4.78 is 19.9. The summed E-state index contributed by atoms with van der Waals surface area (Å²) in [7, 11) is 2.37. The summed E-state index contributed by atoms with van der Waals surface area (Å²) in [4.78, 5) is 34.6. The lowest BCUT2D eigenvalue weighted by Crippen LogP contribution is -2.70. The first-order chi connectivity index (χ1) is 10.8. The molecule has 0 heterocycles. The first-order valence-electron chi connectivity index (χ1n) is 7.44. The molecule has 9 heteroatoms. The van der Waals surface area contributed by atoms with E-state index in [0.29, 0.717) is 19.3 Å². The first kappa shape index (κ1) is 15.8. The van der Waals surface area contributed by atoms with E-state index in [1.54, 1.807) is 0 Å². The smallest absolute Gasteiger partial charge is 0.438 e. The Hall–Kier alpha value is -2.06. The van der Waals surface area contributed by atoms with Crippen LogP contribution in [-0.2, 0) is 18.9 Å². The van der Waals surface area contributed by atoms with Crippen molar-refractivity contribution >= 4 is 12.3 Å². The van der Waals surface area contributed by atoms with E-state index in [2.05, 4.69) is 9.47 Å². The maximum atomic E-state index is 11.7. The Morgan fingerprint density at radius 1 is 0.957 bits per heavy atom. The molecular weight excluding hydrogens is 310 g/mol. The summed E-state index contributed by atoms with van der Waals surface area (Å²) in [6, 6.07) is 0. The number of carbonyl (C=O) groups is 2. The Morgan fingerprint density at radius 2 is 1.43 bits per heavy atom. The highest BCUT2D eigenvalue weighted by Crippen LogP contribution is 2.62. The number of nitro groups is 1. The van der Waals surface area contributed by atoms with Gasteiger partial charge in [-0.05, 0) is 18.8 Å². The molecule has 0 aliphatic heterocycles. The SMILES string of the molecule is COC(=O)OC12CC3CC(OC(=O)OC)(C1)CC([N+](=O)[O-])(C3)C2. The molecule has 9 nitrogen and oxygen atoms in total. The number of methoxy groups -OCH3 is 2. The Kier molecular flexibility index (Phi) is 3.42.